The standard InChI is InChI=1S/C11H15ClO/c1-6-7(2)9(4)11(5,12)10(13)8(6)3/h1-5H3. The molecule has 1 aliphatic rings. The molecule has 0 N–H and O–H groups in total. The first-order valence-electron chi connectivity index (χ1n) is 4.39. The maximum atomic E-state index is 11.8. The maximum Gasteiger partial charge on any atom is 0.183 e. The summed E-state index contributed by atoms with van der Waals surface area (Å²) in [6.07, 6.45) is 0. The molecule has 0 heterocycles. The molecule has 13 heavy (non-hydrogen) atoms. The fourth-order valence-corrected chi connectivity index (χ4v) is 1.89. The molecule has 0 saturated carbocycles. The van der Waals surface area contributed by atoms with Crippen LogP contribution in [0.2, 0.25) is 0 Å². The van der Waals surface area contributed by atoms with Gasteiger partial charge in [-0.25, -0.2) is 0 Å². The lowest BCUT2D eigenvalue weighted by atomic mass is 9.80. The summed E-state index contributed by atoms with van der Waals surface area (Å²) >= 11 is 6.19. The Morgan fingerprint density at radius 3 is 1.92 bits per heavy atom. The Hall–Kier alpha value is -0.560. The van der Waals surface area contributed by atoms with E-state index >= 15 is 0 Å². The molecule has 2 heteroatoms. The quantitative estimate of drug-likeness (QED) is 0.547. The molecule has 0 aromatic rings. The Balaban J connectivity index is 3.41. The predicted octanol–water partition coefficient (Wildman–Crippen LogP) is 3.24. The second kappa shape index (κ2) is 2.98. The van der Waals surface area contributed by atoms with Crippen LogP contribution in [0.4, 0.5) is 0 Å². The van der Waals surface area contributed by atoms with E-state index in [9.17, 15) is 4.79 Å². The van der Waals surface area contributed by atoms with Gasteiger partial charge >= 0.3 is 0 Å². The van der Waals surface area contributed by atoms with Gasteiger partial charge in [-0.05, 0) is 56.9 Å². The third kappa shape index (κ3) is 1.35. The zero-order valence-corrected chi connectivity index (χ0v) is 9.54. The molecule has 1 nitrogen and oxygen atoms in total. The van der Waals surface area contributed by atoms with Crippen molar-refractivity contribution in [2.45, 2.75) is 39.5 Å². The van der Waals surface area contributed by atoms with E-state index in [1.54, 1.807) is 6.92 Å². The maximum absolute atomic E-state index is 11.8. The molecule has 1 atom stereocenters. The summed E-state index contributed by atoms with van der Waals surface area (Å²) in [5.74, 6) is 0.0368. The van der Waals surface area contributed by atoms with Gasteiger partial charge in [0.2, 0.25) is 0 Å². The third-order valence-corrected chi connectivity index (χ3v) is 3.61. The van der Waals surface area contributed by atoms with E-state index < -0.39 is 4.87 Å². The predicted molar refractivity (Wildman–Crippen MR) is 56.0 cm³/mol. The van der Waals surface area contributed by atoms with Crippen molar-refractivity contribution in [3.05, 3.63) is 22.3 Å². The van der Waals surface area contributed by atoms with Gasteiger partial charge in [-0.15, -0.1) is 11.6 Å². The number of hydrogen-bond donors (Lipinski definition) is 0. The molecule has 0 spiro atoms. The normalized spacial score (nSPS) is 30.2. The SMILES string of the molecule is CC1=C(C)C(C)=C(C)C(C)(Cl)C1=O. The van der Waals surface area contributed by atoms with Crippen molar-refractivity contribution in [3.8, 4) is 0 Å². The van der Waals surface area contributed by atoms with E-state index in [1.165, 1.54) is 0 Å². The number of alkyl halides is 1. The zero-order chi connectivity index (χ0) is 10.4. The van der Waals surface area contributed by atoms with Crippen LogP contribution in [0.1, 0.15) is 34.6 Å². The monoisotopic (exact) mass is 198 g/mol. The van der Waals surface area contributed by atoms with Crippen LogP contribution in [-0.4, -0.2) is 10.7 Å². The van der Waals surface area contributed by atoms with E-state index in [1.807, 2.05) is 27.7 Å². The van der Waals surface area contributed by atoms with Crippen LogP contribution in [0, 0.1) is 0 Å². The van der Waals surface area contributed by atoms with E-state index in [2.05, 4.69) is 0 Å². The first kappa shape index (κ1) is 10.5. The Bertz CT molecular complexity index is 332. The van der Waals surface area contributed by atoms with E-state index in [-0.39, 0.29) is 5.78 Å². The summed E-state index contributed by atoms with van der Waals surface area (Å²) in [6.45, 7) is 9.52. The summed E-state index contributed by atoms with van der Waals surface area (Å²) < 4.78 is 0. The highest BCUT2D eigenvalue weighted by Gasteiger charge is 2.38. The average molecular weight is 199 g/mol. The Kier molecular flexibility index (Phi) is 2.42. The largest absolute Gasteiger partial charge is 0.292 e. The van der Waals surface area contributed by atoms with Gasteiger partial charge in [0, 0.05) is 0 Å². The van der Waals surface area contributed by atoms with E-state index in [4.69, 9.17) is 11.6 Å². The highest BCUT2D eigenvalue weighted by atomic mass is 35.5. The van der Waals surface area contributed by atoms with Crippen molar-refractivity contribution in [1.29, 1.82) is 0 Å². The number of carbonyl (C=O) groups is 1. The number of halogens is 1. The molecule has 0 radical (unpaired) electrons. The summed E-state index contributed by atoms with van der Waals surface area (Å²) in [7, 11) is 0. The molecule has 0 saturated heterocycles. The molecule has 1 aliphatic carbocycles. The molecule has 0 fully saturated rings. The van der Waals surface area contributed by atoms with Gasteiger partial charge in [0.15, 0.2) is 5.78 Å². The number of Topliss-reactive ketones (excluding diaryl/α,β-unsaturated/α-hetero) is 1. The van der Waals surface area contributed by atoms with Crippen LogP contribution >= 0.6 is 11.6 Å². The van der Waals surface area contributed by atoms with E-state index in [0.29, 0.717) is 0 Å². The minimum absolute atomic E-state index is 0.0368. The lowest BCUT2D eigenvalue weighted by molar-refractivity contribution is -0.117. The Morgan fingerprint density at radius 2 is 1.46 bits per heavy atom. The van der Waals surface area contributed by atoms with Crippen LogP contribution < -0.4 is 0 Å². The van der Waals surface area contributed by atoms with Crippen molar-refractivity contribution in [3.63, 3.8) is 0 Å². The molecule has 1 rings (SSSR count). The van der Waals surface area contributed by atoms with Crippen molar-refractivity contribution < 1.29 is 4.79 Å². The fraction of sp³-hybridized carbons (Fsp3) is 0.545. The summed E-state index contributed by atoms with van der Waals surface area (Å²) in [5, 5.41) is 0. The molecule has 0 bridgehead atoms. The fourth-order valence-electron chi connectivity index (χ4n) is 1.61. The third-order valence-electron chi connectivity index (χ3n) is 3.16. The van der Waals surface area contributed by atoms with Crippen molar-refractivity contribution >= 4 is 17.4 Å². The number of carbonyl (C=O) groups excluding carboxylic acids is 1. The molecular formula is C11H15ClO. The zero-order valence-electron chi connectivity index (χ0n) is 8.79. The lowest BCUT2D eigenvalue weighted by Crippen LogP contribution is -2.35. The number of allylic oxidation sites excluding steroid dienone is 4. The van der Waals surface area contributed by atoms with Crippen LogP contribution in [0.25, 0.3) is 0 Å². The van der Waals surface area contributed by atoms with Crippen LogP contribution in [0.3, 0.4) is 0 Å². The summed E-state index contributed by atoms with van der Waals surface area (Å²) in [4.78, 5) is 11.0. The second-order valence-corrected chi connectivity index (χ2v) is 4.59. The highest BCUT2D eigenvalue weighted by molar-refractivity contribution is 6.40. The van der Waals surface area contributed by atoms with Gasteiger partial charge in [-0.2, -0.15) is 0 Å². The van der Waals surface area contributed by atoms with Crippen molar-refractivity contribution in [1.82, 2.24) is 0 Å². The first-order chi connectivity index (χ1) is 5.80. The van der Waals surface area contributed by atoms with Gasteiger partial charge in [-0.3, -0.25) is 4.79 Å². The highest BCUT2D eigenvalue weighted by Crippen LogP contribution is 2.38. The van der Waals surface area contributed by atoms with Gasteiger partial charge in [-0.1, -0.05) is 0 Å². The van der Waals surface area contributed by atoms with E-state index in [0.717, 1.165) is 22.3 Å². The molecule has 0 aliphatic heterocycles. The van der Waals surface area contributed by atoms with Crippen molar-refractivity contribution in [2.24, 2.45) is 0 Å². The second-order valence-electron chi connectivity index (χ2n) is 3.83. The number of hydrogen-bond acceptors (Lipinski definition) is 1. The molecule has 72 valence electrons. The Labute approximate surface area is 84.5 Å². The average Bonchev–Trinajstić information content (AvgIpc) is 2.09. The molecular weight excluding hydrogens is 184 g/mol. The van der Waals surface area contributed by atoms with Crippen LogP contribution in [0.5, 0.6) is 0 Å². The minimum atomic E-state index is -0.826. The topological polar surface area (TPSA) is 17.1 Å². The molecule has 0 amide bonds. The van der Waals surface area contributed by atoms with Gasteiger partial charge < -0.3 is 0 Å². The number of rotatable bonds is 0. The molecule has 0 aromatic heterocycles. The number of ketones is 1. The van der Waals surface area contributed by atoms with Crippen molar-refractivity contribution in [2.75, 3.05) is 0 Å². The van der Waals surface area contributed by atoms with Gasteiger partial charge in [0.05, 0.1) is 0 Å². The van der Waals surface area contributed by atoms with Crippen LogP contribution in [-0.2, 0) is 4.79 Å². The smallest absolute Gasteiger partial charge is 0.183 e. The lowest BCUT2D eigenvalue weighted by Gasteiger charge is -2.30. The summed E-state index contributed by atoms with van der Waals surface area (Å²) in [6, 6.07) is 0. The van der Waals surface area contributed by atoms with Gasteiger partial charge in [0.1, 0.15) is 4.87 Å². The molecule has 1 unspecified atom stereocenters. The summed E-state index contributed by atoms with van der Waals surface area (Å²) in [5.41, 5.74) is 3.98. The minimum Gasteiger partial charge on any atom is -0.292 e. The van der Waals surface area contributed by atoms with Crippen LogP contribution in [0.15, 0.2) is 22.3 Å². The first-order valence-corrected chi connectivity index (χ1v) is 4.77. The molecule has 0 aromatic carbocycles. The Morgan fingerprint density at radius 1 is 1.00 bits per heavy atom. The van der Waals surface area contributed by atoms with Gasteiger partial charge in [0.25, 0.3) is 0 Å².